The Morgan fingerprint density at radius 1 is 1.39 bits per heavy atom. The summed E-state index contributed by atoms with van der Waals surface area (Å²) in [6.07, 6.45) is 2.84. The summed E-state index contributed by atoms with van der Waals surface area (Å²) in [5, 5.41) is 25.1. The van der Waals surface area contributed by atoms with Crippen LogP contribution in [-0.2, 0) is 9.53 Å². The van der Waals surface area contributed by atoms with Gasteiger partial charge in [-0.05, 0) is 38.1 Å². The lowest BCUT2D eigenvalue weighted by Crippen LogP contribution is -2.73. The van der Waals surface area contributed by atoms with Gasteiger partial charge in [0.1, 0.15) is 17.1 Å². The molecular weight excluding hydrogens is 513 g/mol. The number of carbonyl (C=O) groups excluding carboxylic acids is 1. The van der Waals surface area contributed by atoms with E-state index in [4.69, 9.17) is 37.6 Å². The highest BCUT2D eigenvalue weighted by Gasteiger charge is 2.25. The predicted octanol–water partition coefficient (Wildman–Crippen LogP) is 2.62. The molecule has 10 nitrogen and oxygen atoms in total. The number of esters is 1. The van der Waals surface area contributed by atoms with Gasteiger partial charge in [0.15, 0.2) is 18.3 Å². The fourth-order valence-corrected chi connectivity index (χ4v) is 4.19. The van der Waals surface area contributed by atoms with Crippen LogP contribution in [0.1, 0.15) is 43.1 Å². The number of nitrogens with two attached hydrogens (primary N) is 2. The van der Waals surface area contributed by atoms with Gasteiger partial charge in [-0.15, -0.1) is 0 Å². The van der Waals surface area contributed by atoms with Crippen LogP contribution < -0.4 is 26.4 Å². The van der Waals surface area contributed by atoms with Crippen LogP contribution in [0.2, 0.25) is 0 Å². The van der Waals surface area contributed by atoms with Gasteiger partial charge < -0.3 is 31.2 Å². The predicted molar refractivity (Wildman–Crippen MR) is 145 cm³/mol. The molecule has 0 saturated heterocycles. The number of benzene rings is 1. The van der Waals surface area contributed by atoms with Gasteiger partial charge in [-0.1, -0.05) is 11.6 Å². The molecule has 1 aliphatic rings. The van der Waals surface area contributed by atoms with Crippen molar-refractivity contribution in [2.45, 2.75) is 26.4 Å². The number of fused-ring (bicyclic) bond motifs is 3. The highest BCUT2D eigenvalue weighted by molar-refractivity contribution is 6.69. The van der Waals surface area contributed by atoms with Crippen LogP contribution in [0.5, 0.6) is 5.75 Å². The van der Waals surface area contributed by atoms with Crippen molar-refractivity contribution in [2.75, 3.05) is 32.2 Å². The zero-order chi connectivity index (χ0) is 27.8. The number of rotatable bonds is 8. The first-order chi connectivity index (χ1) is 18.2. The summed E-state index contributed by atoms with van der Waals surface area (Å²) in [5.74, 6) is -0.501. The van der Waals surface area contributed by atoms with Crippen molar-refractivity contribution in [1.29, 1.82) is 10.8 Å². The minimum Gasteiger partial charge on any atom is -0.482 e. The van der Waals surface area contributed by atoms with Crippen molar-refractivity contribution in [3.63, 3.8) is 0 Å². The van der Waals surface area contributed by atoms with Crippen molar-refractivity contribution in [2.24, 2.45) is 5.73 Å². The van der Waals surface area contributed by atoms with E-state index in [1.165, 1.54) is 12.1 Å². The number of pyridine rings is 1. The maximum atomic E-state index is 14.4. The molecule has 0 saturated carbocycles. The molecule has 12 heteroatoms. The minimum absolute atomic E-state index is 0.161. The molecule has 202 valence electrons. The quantitative estimate of drug-likeness (QED) is 0.169. The Kier molecular flexibility index (Phi) is 9.94. The van der Waals surface area contributed by atoms with Crippen LogP contribution in [0.25, 0.3) is 5.70 Å². The zero-order valence-electron chi connectivity index (χ0n) is 21.5. The molecule has 2 heterocycles. The number of nitrogens with one attached hydrogen (secondary N) is 4. The lowest BCUT2D eigenvalue weighted by molar-refractivity contribution is -0.557. The third-order valence-electron chi connectivity index (χ3n) is 5.78. The molecule has 0 unspecified atom stereocenters. The van der Waals surface area contributed by atoms with E-state index in [-0.39, 0.29) is 42.1 Å². The summed E-state index contributed by atoms with van der Waals surface area (Å²) in [6, 6.07) is 5.90. The fourth-order valence-electron chi connectivity index (χ4n) is 4.03. The van der Waals surface area contributed by atoms with E-state index in [0.29, 0.717) is 40.1 Å². The molecule has 2 aromatic rings. The molecule has 0 fully saturated rings. The maximum absolute atomic E-state index is 14.4. The Labute approximate surface area is 225 Å². The van der Waals surface area contributed by atoms with Gasteiger partial charge in [0.25, 0.3) is 0 Å². The molecule has 2 bridgehead atoms. The summed E-state index contributed by atoms with van der Waals surface area (Å²) >= 11 is 6.30. The Hall–Kier alpha value is -3.80. The highest BCUT2D eigenvalue weighted by Crippen LogP contribution is 2.35. The van der Waals surface area contributed by atoms with Crippen molar-refractivity contribution in [3.8, 4) is 5.75 Å². The smallest absolute Gasteiger partial charge is 0.321 e. The van der Waals surface area contributed by atoms with E-state index in [9.17, 15) is 9.18 Å². The van der Waals surface area contributed by atoms with Crippen LogP contribution in [0.4, 0.5) is 10.2 Å². The lowest BCUT2D eigenvalue weighted by Gasteiger charge is -2.24. The van der Waals surface area contributed by atoms with Crippen LogP contribution in [0.3, 0.4) is 0 Å². The average molecular weight is 545 g/mol. The first-order valence-corrected chi connectivity index (χ1v) is 12.4. The number of hydrogen-bond donors (Lipinski definition) is 6. The molecule has 1 aliphatic heterocycles. The molecule has 0 radical (unpaired) electrons. The van der Waals surface area contributed by atoms with Crippen LogP contribution in [-0.4, -0.2) is 48.7 Å². The van der Waals surface area contributed by atoms with Crippen molar-refractivity contribution < 1.29 is 24.0 Å². The third-order valence-corrected chi connectivity index (χ3v) is 6.01. The maximum Gasteiger partial charge on any atom is 0.321 e. The van der Waals surface area contributed by atoms with E-state index in [1.807, 2.05) is 14.0 Å². The second kappa shape index (κ2) is 13.1. The number of quaternary nitrogens is 1. The van der Waals surface area contributed by atoms with Gasteiger partial charge in [0.2, 0.25) is 0 Å². The van der Waals surface area contributed by atoms with Gasteiger partial charge in [-0.2, -0.15) is 0 Å². The van der Waals surface area contributed by atoms with E-state index in [1.54, 1.807) is 36.8 Å². The number of hydrogen-bond acceptors (Lipinski definition) is 9. The van der Waals surface area contributed by atoms with Gasteiger partial charge in [0.05, 0.1) is 25.5 Å². The van der Waals surface area contributed by atoms with Crippen molar-refractivity contribution in [1.82, 2.24) is 10.3 Å². The van der Waals surface area contributed by atoms with Crippen molar-refractivity contribution in [3.05, 3.63) is 70.3 Å². The standard InChI is InChI=1S/C26H31ClFN7O3/c1-4-33-24-16-8-21(26(34-12-16)35-13-37-22(36)10-29)38-14(2)19-9-17(28)5-6-18(19)23(30)15(11-32-3)7-20(24)25(27)31/h5-6,8-9,11-12,14,30-33H,4,7,10,13,29H2,1-3H3,(H,34,35)/p+1/b15-11-,24-20-,30-23?,31-25?/t14-/m1/s1. The minimum atomic E-state index is -0.686. The molecule has 38 heavy (non-hydrogen) atoms. The lowest BCUT2D eigenvalue weighted by atomic mass is 9.90. The summed E-state index contributed by atoms with van der Waals surface area (Å²) in [7, 11) is 1.83. The molecular formula is C26H32ClFN7O3+. The van der Waals surface area contributed by atoms with Crippen LogP contribution >= 0.6 is 11.6 Å². The number of halogens is 2. The average Bonchev–Trinajstić information content (AvgIpc) is 2.89. The molecule has 1 aromatic carbocycles. The van der Waals surface area contributed by atoms with Gasteiger partial charge >= 0.3 is 5.97 Å². The number of anilines is 1. The number of carbonyl (C=O) groups is 1. The number of aromatic nitrogens is 1. The van der Waals surface area contributed by atoms with E-state index in [0.717, 1.165) is 0 Å². The molecule has 1 aromatic heterocycles. The number of nitrogens with zero attached hydrogens (tertiary/aromatic N) is 1. The van der Waals surface area contributed by atoms with Gasteiger partial charge in [-0.25, -0.2) is 9.37 Å². The summed E-state index contributed by atoms with van der Waals surface area (Å²) in [6.45, 7) is 3.73. The van der Waals surface area contributed by atoms with E-state index in [2.05, 4.69) is 15.6 Å². The molecule has 3 rings (SSSR count). The summed E-state index contributed by atoms with van der Waals surface area (Å²) < 4.78 is 25.7. The first-order valence-electron chi connectivity index (χ1n) is 12.0. The Morgan fingerprint density at radius 2 is 2.16 bits per heavy atom. The summed E-state index contributed by atoms with van der Waals surface area (Å²) in [5.41, 5.74) is 8.59. The molecule has 0 amide bonds. The number of allylic oxidation sites excluding steroid dienone is 2. The topological polar surface area (TPSA) is 163 Å². The van der Waals surface area contributed by atoms with Crippen LogP contribution in [0.15, 0.2) is 47.8 Å². The Balaban J connectivity index is 2.26. The monoisotopic (exact) mass is 544 g/mol. The first kappa shape index (κ1) is 28.8. The van der Waals surface area contributed by atoms with E-state index < -0.39 is 17.9 Å². The zero-order valence-corrected chi connectivity index (χ0v) is 22.2. The van der Waals surface area contributed by atoms with Crippen molar-refractivity contribution >= 4 is 40.0 Å². The summed E-state index contributed by atoms with van der Waals surface area (Å²) in [4.78, 5) is 15.9. The largest absolute Gasteiger partial charge is 0.482 e. The Morgan fingerprint density at radius 3 is 2.82 bits per heavy atom. The number of ether oxygens (including phenoxy) is 2. The molecule has 0 aliphatic carbocycles. The molecule has 0 spiro atoms. The second-order valence-electron chi connectivity index (χ2n) is 8.38. The van der Waals surface area contributed by atoms with Gasteiger partial charge in [-0.3, -0.25) is 15.6 Å². The van der Waals surface area contributed by atoms with E-state index >= 15 is 0 Å². The second-order valence-corrected chi connectivity index (χ2v) is 8.76. The Bertz CT molecular complexity index is 1300. The fraction of sp³-hybridized carbons (Fsp3) is 0.308. The SMILES string of the molecule is CCN/C1=C(\C(=N)Cl)C/C(=C/[NH2+]C)C(=N)c2ccc(F)cc2[C@@H](C)Oc2cc1cnc2NCOC(=O)CN. The van der Waals surface area contributed by atoms with Crippen LogP contribution in [0, 0.1) is 16.6 Å². The molecule has 1 atom stereocenters. The highest BCUT2D eigenvalue weighted by atomic mass is 35.5. The third kappa shape index (κ3) is 6.74. The molecule has 8 N–H and O–H groups in total. The normalized spacial score (nSPS) is 18.5. The van der Waals surface area contributed by atoms with Gasteiger partial charge in [0, 0.05) is 52.7 Å².